The Morgan fingerprint density at radius 1 is 1.62 bits per heavy atom. The van der Waals surface area contributed by atoms with Crippen LogP contribution in [0.5, 0.6) is 5.19 Å². The molecule has 1 aromatic rings. The minimum Gasteiger partial charge on any atom is -0.466 e. The zero-order valence-corrected chi connectivity index (χ0v) is 10.4. The lowest BCUT2D eigenvalue weighted by Gasteiger charge is -2.22. The van der Waals surface area contributed by atoms with Gasteiger partial charge in [-0.2, -0.15) is 9.36 Å². The van der Waals surface area contributed by atoms with Crippen LogP contribution in [0.1, 0.15) is 25.6 Å². The van der Waals surface area contributed by atoms with Crippen LogP contribution in [-0.4, -0.2) is 41.8 Å². The molecule has 2 heterocycles. The molecule has 0 spiro atoms. The van der Waals surface area contributed by atoms with Crippen LogP contribution in [-0.2, 0) is 4.74 Å². The van der Waals surface area contributed by atoms with Crippen LogP contribution in [0.2, 0.25) is 0 Å². The number of nitrogens with one attached hydrogen (secondary N) is 1. The molecule has 1 atom stereocenters. The van der Waals surface area contributed by atoms with Gasteiger partial charge in [0.05, 0.1) is 6.61 Å². The van der Waals surface area contributed by atoms with Gasteiger partial charge in [0, 0.05) is 30.5 Å². The molecule has 5 nitrogen and oxygen atoms in total. The number of rotatable bonds is 4. The summed E-state index contributed by atoms with van der Waals surface area (Å²) in [7, 11) is 0. The van der Waals surface area contributed by atoms with Crippen LogP contribution < -0.4 is 10.1 Å². The van der Waals surface area contributed by atoms with Crippen LogP contribution >= 0.6 is 11.5 Å². The average Bonchev–Trinajstić information content (AvgIpc) is 2.76. The third kappa shape index (κ3) is 3.13. The Labute approximate surface area is 99.3 Å². The Kier molecular flexibility index (Phi) is 4.09. The molecule has 2 rings (SSSR count). The molecular weight excluding hydrogens is 226 g/mol. The van der Waals surface area contributed by atoms with Crippen molar-refractivity contribution in [2.75, 3.05) is 26.3 Å². The van der Waals surface area contributed by atoms with Crippen molar-refractivity contribution in [2.24, 2.45) is 0 Å². The van der Waals surface area contributed by atoms with E-state index in [0.717, 1.165) is 25.5 Å². The lowest BCUT2D eigenvalue weighted by atomic mass is 10.2. The lowest BCUT2D eigenvalue weighted by molar-refractivity contribution is 0.000121. The molecule has 1 unspecified atom stereocenters. The maximum atomic E-state index is 5.56. The first-order valence-corrected chi connectivity index (χ1v) is 6.32. The molecule has 90 valence electrons. The van der Waals surface area contributed by atoms with E-state index in [9.17, 15) is 0 Å². The molecule has 6 heteroatoms. The summed E-state index contributed by atoms with van der Waals surface area (Å²) < 4.78 is 15.3. The van der Waals surface area contributed by atoms with Crippen molar-refractivity contribution in [3.05, 3.63) is 5.82 Å². The molecule has 1 N–H and O–H groups in total. The average molecular weight is 243 g/mol. The largest absolute Gasteiger partial charge is 0.466 e. The zero-order valence-electron chi connectivity index (χ0n) is 9.60. The number of morpholine rings is 1. The normalized spacial score (nSPS) is 21.3. The lowest BCUT2D eigenvalue weighted by Crippen LogP contribution is -2.41. The zero-order chi connectivity index (χ0) is 11.4. The molecule has 0 aromatic carbocycles. The highest BCUT2D eigenvalue weighted by Crippen LogP contribution is 2.19. The van der Waals surface area contributed by atoms with Crippen molar-refractivity contribution in [1.29, 1.82) is 0 Å². The number of nitrogens with zero attached hydrogens (tertiary/aromatic N) is 2. The Morgan fingerprint density at radius 2 is 2.50 bits per heavy atom. The van der Waals surface area contributed by atoms with Gasteiger partial charge in [0.1, 0.15) is 18.5 Å². The summed E-state index contributed by atoms with van der Waals surface area (Å²) in [6, 6.07) is 0. The molecule has 1 saturated heterocycles. The predicted molar refractivity (Wildman–Crippen MR) is 62.1 cm³/mol. The molecule has 0 amide bonds. The second kappa shape index (κ2) is 5.56. The Bertz CT molecular complexity index is 324. The molecule has 1 aliphatic rings. The second-order valence-electron chi connectivity index (χ2n) is 4.08. The summed E-state index contributed by atoms with van der Waals surface area (Å²) in [4.78, 5) is 4.30. The SMILES string of the molecule is CC(C)c1nsc(OCC2CNCCO2)n1. The molecule has 0 bridgehead atoms. The van der Waals surface area contributed by atoms with Crippen molar-refractivity contribution in [3.8, 4) is 5.19 Å². The van der Waals surface area contributed by atoms with Gasteiger partial charge >= 0.3 is 0 Å². The first kappa shape index (κ1) is 11.8. The van der Waals surface area contributed by atoms with E-state index >= 15 is 0 Å². The molecule has 0 aliphatic carbocycles. The third-order valence-corrected chi connectivity index (χ3v) is 2.98. The molecule has 0 saturated carbocycles. The van der Waals surface area contributed by atoms with Crippen molar-refractivity contribution in [3.63, 3.8) is 0 Å². The number of ether oxygens (including phenoxy) is 2. The Balaban J connectivity index is 1.79. The van der Waals surface area contributed by atoms with Gasteiger partial charge in [0.15, 0.2) is 0 Å². The van der Waals surface area contributed by atoms with Gasteiger partial charge in [0.2, 0.25) is 0 Å². The van der Waals surface area contributed by atoms with E-state index in [1.165, 1.54) is 11.5 Å². The third-order valence-electron chi connectivity index (χ3n) is 2.34. The van der Waals surface area contributed by atoms with Crippen LogP contribution in [0.15, 0.2) is 0 Å². The first-order valence-electron chi connectivity index (χ1n) is 5.54. The topological polar surface area (TPSA) is 56.3 Å². The fraction of sp³-hybridized carbons (Fsp3) is 0.800. The van der Waals surface area contributed by atoms with Gasteiger partial charge in [-0.15, -0.1) is 0 Å². The highest BCUT2D eigenvalue weighted by molar-refractivity contribution is 7.07. The van der Waals surface area contributed by atoms with Gasteiger partial charge in [-0.25, -0.2) is 0 Å². The smallest absolute Gasteiger partial charge is 0.293 e. The van der Waals surface area contributed by atoms with E-state index in [0.29, 0.717) is 17.7 Å². The van der Waals surface area contributed by atoms with Crippen LogP contribution in [0.25, 0.3) is 0 Å². The van der Waals surface area contributed by atoms with Gasteiger partial charge in [0.25, 0.3) is 5.19 Å². The quantitative estimate of drug-likeness (QED) is 0.856. The highest BCUT2D eigenvalue weighted by Gasteiger charge is 2.15. The van der Waals surface area contributed by atoms with E-state index in [-0.39, 0.29) is 6.10 Å². The fourth-order valence-electron chi connectivity index (χ4n) is 1.40. The van der Waals surface area contributed by atoms with E-state index in [1.807, 2.05) is 0 Å². The molecule has 0 radical (unpaired) electrons. The minimum absolute atomic E-state index is 0.125. The summed E-state index contributed by atoms with van der Waals surface area (Å²) in [5.74, 6) is 1.20. The van der Waals surface area contributed by atoms with E-state index in [4.69, 9.17) is 9.47 Å². The standard InChI is InChI=1S/C10H17N3O2S/c1-7(2)9-12-10(16-13-9)15-6-8-5-11-3-4-14-8/h7-8,11H,3-6H2,1-2H3. The van der Waals surface area contributed by atoms with Crippen molar-refractivity contribution in [1.82, 2.24) is 14.7 Å². The van der Waals surface area contributed by atoms with E-state index in [2.05, 4.69) is 28.5 Å². The van der Waals surface area contributed by atoms with E-state index < -0.39 is 0 Å². The summed E-state index contributed by atoms with van der Waals surface area (Å²) in [6.45, 7) is 7.20. The summed E-state index contributed by atoms with van der Waals surface area (Å²) in [6.07, 6.45) is 0.125. The summed E-state index contributed by atoms with van der Waals surface area (Å²) in [5, 5.41) is 3.89. The number of aromatic nitrogens is 2. The Hall–Kier alpha value is -0.720. The fourth-order valence-corrected chi connectivity index (χ4v) is 2.08. The van der Waals surface area contributed by atoms with Crippen molar-refractivity contribution < 1.29 is 9.47 Å². The number of hydrogen-bond donors (Lipinski definition) is 1. The van der Waals surface area contributed by atoms with Crippen LogP contribution in [0.3, 0.4) is 0 Å². The Morgan fingerprint density at radius 3 is 3.12 bits per heavy atom. The summed E-state index contributed by atoms with van der Waals surface area (Å²) >= 11 is 1.31. The van der Waals surface area contributed by atoms with Gasteiger partial charge in [-0.05, 0) is 0 Å². The van der Waals surface area contributed by atoms with Crippen LogP contribution in [0, 0.1) is 0 Å². The highest BCUT2D eigenvalue weighted by atomic mass is 32.1. The van der Waals surface area contributed by atoms with Gasteiger partial charge in [-0.1, -0.05) is 13.8 Å². The first-order chi connectivity index (χ1) is 7.75. The van der Waals surface area contributed by atoms with Crippen molar-refractivity contribution in [2.45, 2.75) is 25.9 Å². The summed E-state index contributed by atoms with van der Waals surface area (Å²) in [5.41, 5.74) is 0. The van der Waals surface area contributed by atoms with Gasteiger partial charge < -0.3 is 14.8 Å². The minimum atomic E-state index is 0.125. The predicted octanol–water partition coefficient (Wildman–Crippen LogP) is 1.03. The van der Waals surface area contributed by atoms with Gasteiger partial charge in [-0.3, -0.25) is 0 Å². The maximum absolute atomic E-state index is 5.56. The molecule has 1 aliphatic heterocycles. The molecule has 1 fully saturated rings. The molecule has 1 aromatic heterocycles. The van der Waals surface area contributed by atoms with E-state index in [1.54, 1.807) is 0 Å². The molecular formula is C10H17N3O2S. The maximum Gasteiger partial charge on any atom is 0.293 e. The molecule has 16 heavy (non-hydrogen) atoms. The van der Waals surface area contributed by atoms with Crippen molar-refractivity contribution >= 4 is 11.5 Å². The van der Waals surface area contributed by atoms with Crippen LogP contribution in [0.4, 0.5) is 0 Å². The number of hydrogen-bond acceptors (Lipinski definition) is 6. The monoisotopic (exact) mass is 243 g/mol. The second-order valence-corrected chi connectivity index (χ2v) is 4.80.